The summed E-state index contributed by atoms with van der Waals surface area (Å²) >= 11 is 1.74. The molecule has 3 rings (SSSR count). The molecule has 0 radical (unpaired) electrons. The Balaban J connectivity index is 1.63. The van der Waals surface area contributed by atoms with E-state index < -0.39 is 5.60 Å². The zero-order valence-electron chi connectivity index (χ0n) is 10.8. The topological polar surface area (TPSA) is 36.4 Å². The monoisotopic (exact) mass is 274 g/mol. The average Bonchev–Trinajstić information content (AvgIpc) is 2.96. The number of rotatable bonds is 3. The van der Waals surface area contributed by atoms with Gasteiger partial charge in [-0.25, -0.2) is 0 Å². The maximum atomic E-state index is 10.7. The molecule has 0 unspecified atom stereocenters. The predicted octanol–water partition coefficient (Wildman–Crippen LogP) is 2.63. The predicted molar refractivity (Wildman–Crippen MR) is 77.0 cm³/mol. The lowest BCUT2D eigenvalue weighted by Gasteiger charge is -2.37. The maximum absolute atomic E-state index is 10.7. The van der Waals surface area contributed by atoms with Gasteiger partial charge in [0.1, 0.15) is 5.60 Å². The van der Waals surface area contributed by atoms with E-state index in [0.717, 1.165) is 38.2 Å². The minimum atomic E-state index is -0.744. The zero-order valence-corrected chi connectivity index (χ0v) is 11.6. The lowest BCUT2D eigenvalue weighted by atomic mass is 9.87. The molecule has 0 amide bonds. The van der Waals surface area contributed by atoms with Crippen LogP contribution < -0.4 is 0 Å². The van der Waals surface area contributed by atoms with Crippen molar-refractivity contribution < 1.29 is 5.11 Å². The smallest absolute Gasteiger partial charge is 0.109 e. The number of pyridine rings is 1. The van der Waals surface area contributed by atoms with Crippen LogP contribution in [0.15, 0.2) is 41.2 Å². The Kier molecular flexibility index (Phi) is 3.64. The summed E-state index contributed by atoms with van der Waals surface area (Å²) in [4.78, 5) is 6.71. The molecule has 1 fully saturated rings. The van der Waals surface area contributed by atoms with Gasteiger partial charge < -0.3 is 5.11 Å². The summed E-state index contributed by atoms with van der Waals surface area (Å²) in [5.74, 6) is 0. The molecule has 3 nitrogen and oxygen atoms in total. The minimum Gasteiger partial charge on any atom is -0.383 e. The van der Waals surface area contributed by atoms with Gasteiger partial charge in [-0.1, -0.05) is 6.07 Å². The quantitative estimate of drug-likeness (QED) is 0.934. The highest BCUT2D eigenvalue weighted by Crippen LogP contribution is 2.31. The van der Waals surface area contributed by atoms with Crippen LogP contribution in [0.5, 0.6) is 0 Å². The largest absolute Gasteiger partial charge is 0.383 e. The van der Waals surface area contributed by atoms with E-state index in [1.807, 2.05) is 18.2 Å². The van der Waals surface area contributed by atoms with Gasteiger partial charge in [-0.3, -0.25) is 9.88 Å². The Morgan fingerprint density at radius 2 is 2.11 bits per heavy atom. The lowest BCUT2D eigenvalue weighted by molar-refractivity contribution is -0.0310. The van der Waals surface area contributed by atoms with Gasteiger partial charge in [0.15, 0.2) is 0 Å². The highest BCUT2D eigenvalue weighted by Gasteiger charge is 2.34. The van der Waals surface area contributed by atoms with Crippen LogP contribution >= 0.6 is 11.3 Å². The number of aromatic nitrogens is 1. The van der Waals surface area contributed by atoms with Crippen molar-refractivity contribution in [1.82, 2.24) is 9.88 Å². The van der Waals surface area contributed by atoms with Crippen molar-refractivity contribution in [2.45, 2.75) is 25.0 Å². The first kappa shape index (κ1) is 12.8. The van der Waals surface area contributed by atoms with E-state index in [1.54, 1.807) is 17.5 Å². The molecule has 1 aliphatic heterocycles. The summed E-state index contributed by atoms with van der Waals surface area (Å²) in [7, 11) is 0. The zero-order chi connectivity index (χ0) is 13.1. The first-order valence-electron chi connectivity index (χ1n) is 6.64. The molecule has 1 aliphatic rings. The van der Waals surface area contributed by atoms with Crippen LogP contribution in [-0.2, 0) is 12.1 Å². The number of likely N-dealkylation sites (tertiary alicyclic amines) is 1. The van der Waals surface area contributed by atoms with Crippen LogP contribution in [0.2, 0.25) is 0 Å². The molecule has 4 heteroatoms. The molecule has 1 N–H and O–H groups in total. The number of hydrogen-bond donors (Lipinski definition) is 1. The van der Waals surface area contributed by atoms with E-state index in [1.165, 1.54) is 5.56 Å². The van der Waals surface area contributed by atoms with Gasteiger partial charge in [0, 0.05) is 25.8 Å². The molecule has 2 aromatic rings. The van der Waals surface area contributed by atoms with Crippen molar-refractivity contribution in [2.75, 3.05) is 13.1 Å². The second-order valence-corrected chi connectivity index (χ2v) is 5.93. The number of aliphatic hydroxyl groups is 1. The Morgan fingerprint density at radius 3 is 2.74 bits per heavy atom. The molecule has 0 bridgehead atoms. The summed E-state index contributed by atoms with van der Waals surface area (Å²) < 4.78 is 0. The van der Waals surface area contributed by atoms with Crippen molar-refractivity contribution in [1.29, 1.82) is 0 Å². The van der Waals surface area contributed by atoms with Gasteiger partial charge in [-0.05, 0) is 47.4 Å². The van der Waals surface area contributed by atoms with E-state index in [4.69, 9.17) is 0 Å². The third-order valence-electron chi connectivity index (χ3n) is 3.81. The molecule has 1 saturated heterocycles. The van der Waals surface area contributed by atoms with Crippen molar-refractivity contribution in [3.8, 4) is 0 Å². The second kappa shape index (κ2) is 5.41. The van der Waals surface area contributed by atoms with Crippen LogP contribution in [0, 0.1) is 0 Å². The minimum absolute atomic E-state index is 0.744. The van der Waals surface area contributed by atoms with E-state index in [2.05, 4.69) is 26.7 Å². The standard InChI is InChI=1S/C15H18N2OS/c18-15(14-3-1-2-7-16-14)5-8-17(9-6-15)11-13-4-10-19-12-13/h1-4,7,10,12,18H,5-6,8-9,11H2. The molecule has 0 aromatic carbocycles. The number of piperidine rings is 1. The van der Waals surface area contributed by atoms with Gasteiger partial charge >= 0.3 is 0 Å². The van der Waals surface area contributed by atoms with Gasteiger partial charge in [0.05, 0.1) is 5.69 Å². The molecular weight excluding hydrogens is 256 g/mol. The number of thiophene rings is 1. The first-order valence-corrected chi connectivity index (χ1v) is 7.58. The van der Waals surface area contributed by atoms with Gasteiger partial charge in [-0.15, -0.1) is 0 Å². The highest BCUT2D eigenvalue weighted by molar-refractivity contribution is 7.07. The molecule has 3 heterocycles. The van der Waals surface area contributed by atoms with Crippen LogP contribution in [-0.4, -0.2) is 28.1 Å². The molecular formula is C15H18N2OS. The Labute approximate surface area is 117 Å². The van der Waals surface area contributed by atoms with Crippen LogP contribution in [0.3, 0.4) is 0 Å². The molecule has 2 aromatic heterocycles. The lowest BCUT2D eigenvalue weighted by Crippen LogP contribution is -2.42. The maximum Gasteiger partial charge on any atom is 0.109 e. The number of nitrogens with zero attached hydrogens (tertiary/aromatic N) is 2. The van der Waals surface area contributed by atoms with Crippen LogP contribution in [0.4, 0.5) is 0 Å². The van der Waals surface area contributed by atoms with Crippen LogP contribution in [0.25, 0.3) is 0 Å². The fourth-order valence-electron chi connectivity index (χ4n) is 2.62. The third-order valence-corrected chi connectivity index (χ3v) is 4.54. The van der Waals surface area contributed by atoms with Gasteiger partial charge in [0.25, 0.3) is 0 Å². The molecule has 0 spiro atoms. The molecule has 0 atom stereocenters. The summed E-state index contributed by atoms with van der Waals surface area (Å²) in [6, 6.07) is 7.93. The molecule has 100 valence electrons. The average molecular weight is 274 g/mol. The third kappa shape index (κ3) is 2.86. The van der Waals surface area contributed by atoms with E-state index >= 15 is 0 Å². The Hall–Kier alpha value is -1.23. The van der Waals surface area contributed by atoms with E-state index in [0.29, 0.717) is 0 Å². The first-order chi connectivity index (χ1) is 9.26. The van der Waals surface area contributed by atoms with Crippen LogP contribution in [0.1, 0.15) is 24.1 Å². The summed E-state index contributed by atoms with van der Waals surface area (Å²) in [5.41, 5.74) is 1.44. The van der Waals surface area contributed by atoms with Crippen molar-refractivity contribution in [2.24, 2.45) is 0 Å². The highest BCUT2D eigenvalue weighted by atomic mass is 32.1. The molecule has 0 saturated carbocycles. The summed E-state index contributed by atoms with van der Waals surface area (Å²) in [6.07, 6.45) is 3.27. The second-order valence-electron chi connectivity index (χ2n) is 5.15. The van der Waals surface area contributed by atoms with Crippen molar-refractivity contribution in [3.05, 3.63) is 52.5 Å². The van der Waals surface area contributed by atoms with E-state index in [-0.39, 0.29) is 0 Å². The van der Waals surface area contributed by atoms with E-state index in [9.17, 15) is 5.11 Å². The molecule has 0 aliphatic carbocycles. The Bertz CT molecular complexity index is 504. The fourth-order valence-corrected chi connectivity index (χ4v) is 3.28. The summed E-state index contributed by atoms with van der Waals surface area (Å²) in [6.45, 7) is 2.83. The Morgan fingerprint density at radius 1 is 1.26 bits per heavy atom. The van der Waals surface area contributed by atoms with Gasteiger partial charge in [-0.2, -0.15) is 11.3 Å². The van der Waals surface area contributed by atoms with Crippen molar-refractivity contribution >= 4 is 11.3 Å². The van der Waals surface area contributed by atoms with Crippen molar-refractivity contribution in [3.63, 3.8) is 0 Å². The fraction of sp³-hybridized carbons (Fsp3) is 0.400. The normalized spacial score (nSPS) is 19.4. The van der Waals surface area contributed by atoms with Gasteiger partial charge in [0.2, 0.25) is 0 Å². The SMILES string of the molecule is OC1(c2ccccn2)CCN(Cc2ccsc2)CC1. The summed E-state index contributed by atoms with van der Waals surface area (Å²) in [5, 5.41) is 15.0. The molecule has 19 heavy (non-hydrogen) atoms. The number of hydrogen-bond acceptors (Lipinski definition) is 4.